The maximum Gasteiger partial charge on any atom is 0.327 e. The molecule has 7 atom stereocenters. The van der Waals surface area contributed by atoms with Crippen molar-refractivity contribution >= 4 is 29.8 Å². The lowest BCUT2D eigenvalue weighted by Crippen LogP contribution is -2.69. The van der Waals surface area contributed by atoms with Gasteiger partial charge in [-0.05, 0) is 44.4 Å². The van der Waals surface area contributed by atoms with Crippen molar-refractivity contribution < 1.29 is 57.9 Å². The number of fused-ring (bicyclic) bond motifs is 4. The van der Waals surface area contributed by atoms with Gasteiger partial charge in [0.25, 0.3) is 0 Å². The van der Waals surface area contributed by atoms with E-state index in [1.165, 1.54) is 11.3 Å². The largest absolute Gasteiger partial charge is 0.499 e. The number of esters is 2. The quantitative estimate of drug-likeness (QED) is 0.0883. The van der Waals surface area contributed by atoms with Gasteiger partial charge in [-0.15, -0.1) is 0 Å². The summed E-state index contributed by atoms with van der Waals surface area (Å²) in [6, 6.07) is 24.5. The second-order valence-corrected chi connectivity index (χ2v) is 16.5. The first-order valence-corrected chi connectivity index (χ1v) is 20.4. The van der Waals surface area contributed by atoms with E-state index in [0.717, 1.165) is 11.1 Å². The Labute approximate surface area is 348 Å². The standard InChI is InChI=1S/C45H53N3O12/c1-43(2,3)57-36(52)18-17-33(28-50)47-35(51)19-21-46-42(54)44-26-34-37-38(59-45(58-37,31-13-6-4-7-14-31)32-15-8-5-9-16-32)40(44)60-48(39(44)41(53)56-34)27-30-12-10-11-29(25-30)20-23-55-24-22-49/h4-16,20,23,25,33-34,37-40,49-50H,17-19,21-22,24,26-28H2,1-3H3,(H,46,54)(H,47,51)/t33-,34+,37-,38-,39-,40+,44-/m0/s1. The van der Waals surface area contributed by atoms with Crippen LogP contribution < -0.4 is 10.6 Å². The molecule has 0 spiro atoms. The summed E-state index contributed by atoms with van der Waals surface area (Å²) < 4.78 is 30.7. The Kier molecular flexibility index (Phi) is 13.0. The third-order valence-electron chi connectivity index (χ3n) is 11.1. The Morgan fingerprint density at radius 2 is 1.65 bits per heavy atom. The average molecular weight is 828 g/mol. The van der Waals surface area contributed by atoms with Crippen LogP contribution in [0, 0.1) is 5.41 Å². The number of benzene rings is 3. The second-order valence-electron chi connectivity index (χ2n) is 16.5. The topological polar surface area (TPSA) is 191 Å². The fraction of sp³-hybridized carbons (Fsp3) is 0.467. The third-order valence-corrected chi connectivity index (χ3v) is 11.1. The Hall–Kier alpha value is -5.16. The Morgan fingerprint density at radius 3 is 2.32 bits per heavy atom. The lowest BCUT2D eigenvalue weighted by atomic mass is 9.62. The number of aliphatic hydroxyl groups is 2. The molecule has 60 heavy (non-hydrogen) atoms. The van der Waals surface area contributed by atoms with E-state index in [9.17, 15) is 24.3 Å². The van der Waals surface area contributed by atoms with Gasteiger partial charge in [0, 0.05) is 36.9 Å². The molecule has 4 fully saturated rings. The Morgan fingerprint density at radius 1 is 0.950 bits per heavy atom. The minimum absolute atomic E-state index is 0.00237. The molecule has 3 saturated heterocycles. The number of carbonyl (C=O) groups excluding carboxylic acids is 4. The molecular weight excluding hydrogens is 775 g/mol. The number of aliphatic hydroxyl groups excluding tert-OH is 2. The summed E-state index contributed by atoms with van der Waals surface area (Å²) in [5.41, 5.74) is 0.821. The Bertz CT molecular complexity index is 1980. The van der Waals surface area contributed by atoms with Crippen molar-refractivity contribution in [2.75, 3.05) is 26.4 Å². The van der Waals surface area contributed by atoms with Gasteiger partial charge in [-0.1, -0.05) is 84.9 Å². The van der Waals surface area contributed by atoms with Gasteiger partial charge in [-0.2, -0.15) is 5.06 Å². The molecule has 0 unspecified atom stereocenters. The first kappa shape index (κ1) is 42.9. The minimum Gasteiger partial charge on any atom is -0.499 e. The van der Waals surface area contributed by atoms with E-state index in [1.54, 1.807) is 26.8 Å². The first-order chi connectivity index (χ1) is 28.9. The lowest BCUT2D eigenvalue weighted by Gasteiger charge is -2.48. The van der Waals surface area contributed by atoms with Crippen LogP contribution in [-0.4, -0.2) is 107 Å². The normalized spacial score (nSPS) is 25.9. The predicted molar refractivity (Wildman–Crippen MR) is 215 cm³/mol. The van der Waals surface area contributed by atoms with E-state index in [-0.39, 0.29) is 52.0 Å². The van der Waals surface area contributed by atoms with Gasteiger partial charge in [-0.25, -0.2) is 0 Å². The maximum absolute atomic E-state index is 14.8. The summed E-state index contributed by atoms with van der Waals surface area (Å²) >= 11 is 0. The monoisotopic (exact) mass is 827 g/mol. The zero-order valence-electron chi connectivity index (χ0n) is 34.0. The predicted octanol–water partition coefficient (Wildman–Crippen LogP) is 3.26. The molecule has 3 aromatic rings. The molecule has 320 valence electrons. The molecular formula is C45H53N3O12. The first-order valence-electron chi connectivity index (χ1n) is 20.4. The van der Waals surface area contributed by atoms with Crippen LogP contribution in [-0.2, 0) is 60.0 Å². The van der Waals surface area contributed by atoms with Crippen molar-refractivity contribution in [1.29, 1.82) is 0 Å². The maximum atomic E-state index is 14.8. The number of rotatable bonds is 17. The molecule has 1 saturated carbocycles. The van der Waals surface area contributed by atoms with Crippen LogP contribution in [0.1, 0.15) is 68.7 Å². The molecule has 4 aliphatic rings. The number of nitrogens with one attached hydrogen (secondary N) is 2. The number of carbonyl (C=O) groups is 4. The number of nitrogens with zero attached hydrogens (tertiary/aromatic N) is 1. The van der Waals surface area contributed by atoms with Gasteiger partial charge in [0.1, 0.15) is 42.0 Å². The van der Waals surface area contributed by atoms with E-state index in [2.05, 4.69) is 10.6 Å². The van der Waals surface area contributed by atoms with Crippen molar-refractivity contribution in [2.24, 2.45) is 5.41 Å². The molecule has 7 rings (SSSR count). The fourth-order valence-electron chi connectivity index (χ4n) is 8.56. The van der Waals surface area contributed by atoms with Crippen molar-refractivity contribution in [3.8, 4) is 0 Å². The Balaban J connectivity index is 1.14. The molecule has 1 aliphatic carbocycles. The van der Waals surface area contributed by atoms with Gasteiger partial charge in [-0.3, -0.25) is 24.0 Å². The highest BCUT2D eigenvalue weighted by molar-refractivity contribution is 5.94. The minimum atomic E-state index is -1.51. The van der Waals surface area contributed by atoms with Gasteiger partial charge in [0.05, 0.1) is 32.1 Å². The second kappa shape index (κ2) is 18.2. The van der Waals surface area contributed by atoms with Gasteiger partial charge in [0.15, 0.2) is 6.04 Å². The molecule has 2 bridgehead atoms. The van der Waals surface area contributed by atoms with E-state index in [1.807, 2.05) is 84.9 Å². The van der Waals surface area contributed by atoms with Crippen LogP contribution in [0.2, 0.25) is 0 Å². The SMILES string of the molecule is CC(C)(C)OC(=O)CC[C@@H](CO)NC(=O)CCNC(=O)[C@@]12C[C@H]3OC(=O)[C@@H]1N(Cc1cccc(C=COCCO)c1)O[C@@H]2[C@H]1OC(c2ccccc2)(c2ccccc2)O[C@H]13. The number of hydroxylamine groups is 2. The van der Waals surface area contributed by atoms with Crippen LogP contribution in [0.3, 0.4) is 0 Å². The van der Waals surface area contributed by atoms with Gasteiger partial charge >= 0.3 is 11.9 Å². The van der Waals surface area contributed by atoms with Crippen LogP contribution >= 0.6 is 0 Å². The molecule has 3 aromatic carbocycles. The smallest absolute Gasteiger partial charge is 0.327 e. The summed E-state index contributed by atoms with van der Waals surface area (Å²) in [4.78, 5) is 61.1. The number of amides is 2. The molecule has 3 heterocycles. The van der Waals surface area contributed by atoms with Gasteiger partial charge < -0.3 is 44.5 Å². The van der Waals surface area contributed by atoms with Crippen molar-refractivity contribution in [2.45, 2.75) is 101 Å². The molecule has 4 N–H and O–H groups in total. The highest BCUT2D eigenvalue weighted by atomic mass is 16.8. The van der Waals surface area contributed by atoms with Crippen LogP contribution in [0.4, 0.5) is 0 Å². The highest BCUT2D eigenvalue weighted by Crippen LogP contribution is 2.59. The van der Waals surface area contributed by atoms with Crippen LogP contribution in [0.15, 0.2) is 91.2 Å². The average Bonchev–Trinajstić information content (AvgIpc) is 3.81. The van der Waals surface area contributed by atoms with Crippen molar-refractivity contribution in [3.05, 3.63) is 113 Å². The number of ether oxygens (including phenoxy) is 5. The zero-order valence-corrected chi connectivity index (χ0v) is 34.0. The van der Waals surface area contributed by atoms with E-state index in [0.29, 0.717) is 11.1 Å². The molecule has 15 nitrogen and oxygen atoms in total. The summed E-state index contributed by atoms with van der Waals surface area (Å²) in [5, 5.41) is 26.1. The van der Waals surface area contributed by atoms with Crippen LogP contribution in [0.25, 0.3) is 6.08 Å². The summed E-state index contributed by atoms with van der Waals surface area (Å²) in [6.07, 6.45) is -0.241. The number of hydrogen-bond acceptors (Lipinski definition) is 13. The number of hydrogen-bond donors (Lipinski definition) is 4. The summed E-state index contributed by atoms with van der Waals surface area (Å²) in [7, 11) is 0. The van der Waals surface area contributed by atoms with E-state index < -0.39 is 83.7 Å². The van der Waals surface area contributed by atoms with E-state index >= 15 is 0 Å². The van der Waals surface area contributed by atoms with E-state index in [4.69, 9.17) is 33.6 Å². The molecule has 15 heteroatoms. The molecule has 0 radical (unpaired) electrons. The van der Waals surface area contributed by atoms with Crippen LogP contribution in [0.5, 0.6) is 0 Å². The van der Waals surface area contributed by atoms with Crippen molar-refractivity contribution in [3.63, 3.8) is 0 Å². The molecule has 3 aliphatic heterocycles. The zero-order chi connectivity index (χ0) is 42.5. The lowest BCUT2D eigenvalue weighted by molar-refractivity contribution is -0.213. The molecule has 2 amide bonds. The summed E-state index contributed by atoms with van der Waals surface area (Å²) in [5.74, 6) is -3.46. The summed E-state index contributed by atoms with van der Waals surface area (Å²) in [6.45, 7) is 4.94. The molecule has 0 aromatic heterocycles. The highest BCUT2D eigenvalue weighted by Gasteiger charge is 2.76. The van der Waals surface area contributed by atoms with Gasteiger partial charge in [0.2, 0.25) is 17.6 Å². The third kappa shape index (κ3) is 8.97. The van der Waals surface area contributed by atoms with Crippen molar-refractivity contribution in [1.82, 2.24) is 15.7 Å². The fourth-order valence-corrected chi connectivity index (χ4v) is 8.56.